The predicted octanol–water partition coefficient (Wildman–Crippen LogP) is 1.88. The molecule has 0 aliphatic heterocycles. The predicted molar refractivity (Wildman–Crippen MR) is 85.6 cm³/mol. The maximum absolute atomic E-state index is 11.7. The van der Waals surface area contributed by atoms with Gasteiger partial charge in [-0.1, -0.05) is 44.2 Å². The van der Waals surface area contributed by atoms with Gasteiger partial charge in [-0.25, -0.2) is 4.98 Å². The molecule has 0 aliphatic carbocycles. The van der Waals surface area contributed by atoms with Crippen LogP contribution >= 0.6 is 0 Å². The molecule has 21 heavy (non-hydrogen) atoms. The molecule has 1 atom stereocenters. The van der Waals surface area contributed by atoms with Crippen LogP contribution in [-0.2, 0) is 6.42 Å². The van der Waals surface area contributed by atoms with Gasteiger partial charge in [-0.2, -0.15) is 0 Å². The Morgan fingerprint density at radius 2 is 2.00 bits per heavy atom. The fourth-order valence-corrected chi connectivity index (χ4v) is 2.12. The van der Waals surface area contributed by atoms with Gasteiger partial charge in [0.25, 0.3) is 5.56 Å². The molecule has 0 aliphatic rings. The first-order valence-electron chi connectivity index (χ1n) is 7.20. The molecule has 0 bridgehead atoms. The van der Waals surface area contributed by atoms with E-state index < -0.39 is 0 Å². The zero-order valence-electron chi connectivity index (χ0n) is 12.5. The molecule has 0 saturated heterocycles. The van der Waals surface area contributed by atoms with Crippen molar-refractivity contribution in [1.82, 2.24) is 9.97 Å². The number of hydrogen-bond donors (Lipinski definition) is 3. The lowest BCUT2D eigenvalue weighted by Gasteiger charge is -2.18. The Morgan fingerprint density at radius 1 is 1.29 bits per heavy atom. The molecule has 1 unspecified atom stereocenters. The Balaban J connectivity index is 2.13. The van der Waals surface area contributed by atoms with Crippen LogP contribution in [0.1, 0.15) is 31.2 Å². The van der Waals surface area contributed by atoms with Crippen LogP contribution in [0.5, 0.6) is 0 Å². The molecule has 112 valence electrons. The molecule has 2 rings (SSSR count). The highest BCUT2D eigenvalue weighted by Gasteiger charge is 2.11. The lowest BCUT2D eigenvalue weighted by molar-refractivity contribution is 0.710. The van der Waals surface area contributed by atoms with Gasteiger partial charge in [0, 0.05) is 24.6 Å². The molecule has 0 saturated carbocycles. The average molecular weight is 286 g/mol. The molecule has 0 fully saturated rings. The standard InChI is InChI=1S/C16H22N4O/c1-11(2)16-19-14(9-15(21)20-16)18-13(10-17)8-12-6-4-3-5-7-12/h3-7,9,11,13H,8,10,17H2,1-2H3,(H2,18,19,20,21). The molecule has 1 aromatic heterocycles. The van der Waals surface area contributed by atoms with E-state index in [9.17, 15) is 4.79 Å². The van der Waals surface area contributed by atoms with Gasteiger partial charge in [0.05, 0.1) is 0 Å². The second-order valence-corrected chi connectivity index (χ2v) is 5.44. The minimum absolute atomic E-state index is 0.0433. The van der Waals surface area contributed by atoms with Crippen molar-refractivity contribution in [2.75, 3.05) is 11.9 Å². The number of H-pyrrole nitrogens is 1. The van der Waals surface area contributed by atoms with Gasteiger partial charge < -0.3 is 16.0 Å². The number of nitrogens with two attached hydrogens (primary N) is 1. The largest absolute Gasteiger partial charge is 0.366 e. The summed E-state index contributed by atoms with van der Waals surface area (Å²) in [5, 5.41) is 3.26. The van der Waals surface area contributed by atoms with Crippen molar-refractivity contribution in [2.24, 2.45) is 5.73 Å². The van der Waals surface area contributed by atoms with E-state index in [0.717, 1.165) is 6.42 Å². The second-order valence-electron chi connectivity index (χ2n) is 5.44. The number of anilines is 1. The Hall–Kier alpha value is -2.14. The molecular weight excluding hydrogens is 264 g/mol. The molecule has 0 spiro atoms. The normalized spacial score (nSPS) is 12.4. The number of hydrogen-bond acceptors (Lipinski definition) is 4. The summed E-state index contributed by atoms with van der Waals surface area (Å²) in [4.78, 5) is 18.9. The summed E-state index contributed by atoms with van der Waals surface area (Å²) >= 11 is 0. The van der Waals surface area contributed by atoms with Gasteiger partial charge in [0.15, 0.2) is 0 Å². The van der Waals surface area contributed by atoms with E-state index in [-0.39, 0.29) is 17.5 Å². The van der Waals surface area contributed by atoms with E-state index in [0.29, 0.717) is 18.2 Å². The Labute approximate surface area is 124 Å². The second kappa shape index (κ2) is 7.04. The molecule has 4 N–H and O–H groups in total. The summed E-state index contributed by atoms with van der Waals surface area (Å²) in [6, 6.07) is 11.6. The van der Waals surface area contributed by atoms with E-state index in [1.54, 1.807) is 0 Å². The highest BCUT2D eigenvalue weighted by Crippen LogP contribution is 2.11. The molecule has 1 heterocycles. The van der Waals surface area contributed by atoms with Crippen molar-refractivity contribution in [1.29, 1.82) is 0 Å². The number of nitrogens with one attached hydrogen (secondary N) is 2. The Bertz CT molecular complexity index is 622. The quantitative estimate of drug-likeness (QED) is 0.757. The van der Waals surface area contributed by atoms with Gasteiger partial charge in [-0.3, -0.25) is 4.79 Å². The van der Waals surface area contributed by atoms with Crippen LogP contribution < -0.4 is 16.6 Å². The zero-order chi connectivity index (χ0) is 15.2. The van der Waals surface area contributed by atoms with Crippen molar-refractivity contribution < 1.29 is 0 Å². The molecule has 1 aromatic carbocycles. The monoisotopic (exact) mass is 286 g/mol. The first-order chi connectivity index (χ1) is 10.1. The number of aromatic nitrogens is 2. The minimum Gasteiger partial charge on any atom is -0.366 e. The van der Waals surface area contributed by atoms with Gasteiger partial charge in [-0.15, -0.1) is 0 Å². The molecule has 0 amide bonds. The number of aromatic amines is 1. The van der Waals surface area contributed by atoms with Crippen molar-refractivity contribution in [3.63, 3.8) is 0 Å². The van der Waals surface area contributed by atoms with E-state index >= 15 is 0 Å². The first-order valence-corrected chi connectivity index (χ1v) is 7.20. The van der Waals surface area contributed by atoms with Crippen LogP contribution in [0.4, 0.5) is 5.82 Å². The zero-order valence-corrected chi connectivity index (χ0v) is 12.5. The summed E-state index contributed by atoms with van der Waals surface area (Å²) in [5.41, 5.74) is 6.88. The van der Waals surface area contributed by atoms with E-state index in [4.69, 9.17) is 5.73 Å². The third kappa shape index (κ3) is 4.43. The lowest BCUT2D eigenvalue weighted by Crippen LogP contribution is -2.32. The van der Waals surface area contributed by atoms with Crippen LogP contribution in [0.3, 0.4) is 0 Å². The summed E-state index contributed by atoms with van der Waals surface area (Å²) in [6.45, 7) is 4.46. The summed E-state index contributed by atoms with van der Waals surface area (Å²) in [6.07, 6.45) is 0.794. The van der Waals surface area contributed by atoms with Crippen LogP contribution in [-0.4, -0.2) is 22.6 Å². The third-order valence-electron chi connectivity index (χ3n) is 3.27. The fraction of sp³-hybridized carbons (Fsp3) is 0.375. The number of benzene rings is 1. The molecule has 5 heteroatoms. The Morgan fingerprint density at radius 3 is 2.62 bits per heavy atom. The van der Waals surface area contributed by atoms with Crippen LogP contribution in [0.25, 0.3) is 0 Å². The minimum atomic E-state index is -0.147. The van der Waals surface area contributed by atoms with Gasteiger partial charge >= 0.3 is 0 Å². The van der Waals surface area contributed by atoms with Crippen molar-refractivity contribution in [3.8, 4) is 0 Å². The van der Waals surface area contributed by atoms with Crippen molar-refractivity contribution >= 4 is 5.82 Å². The molecular formula is C16H22N4O. The molecule has 0 radical (unpaired) electrons. The van der Waals surface area contributed by atoms with Gasteiger partial charge in [0.2, 0.25) is 0 Å². The molecule has 2 aromatic rings. The third-order valence-corrected chi connectivity index (χ3v) is 3.27. The van der Waals surface area contributed by atoms with Gasteiger partial charge in [-0.05, 0) is 12.0 Å². The smallest absolute Gasteiger partial charge is 0.252 e. The maximum Gasteiger partial charge on any atom is 0.252 e. The van der Waals surface area contributed by atoms with Crippen LogP contribution in [0.15, 0.2) is 41.2 Å². The first kappa shape index (κ1) is 15.3. The Kier molecular flexibility index (Phi) is 5.11. The van der Waals surface area contributed by atoms with E-state index in [1.165, 1.54) is 11.6 Å². The molecule has 5 nitrogen and oxygen atoms in total. The summed E-state index contributed by atoms with van der Waals surface area (Å²) in [5.74, 6) is 1.43. The lowest BCUT2D eigenvalue weighted by atomic mass is 10.1. The van der Waals surface area contributed by atoms with E-state index in [1.807, 2.05) is 32.0 Å². The van der Waals surface area contributed by atoms with Crippen molar-refractivity contribution in [3.05, 3.63) is 58.1 Å². The topological polar surface area (TPSA) is 83.8 Å². The van der Waals surface area contributed by atoms with E-state index in [2.05, 4.69) is 27.4 Å². The van der Waals surface area contributed by atoms with Crippen LogP contribution in [0.2, 0.25) is 0 Å². The summed E-state index contributed by atoms with van der Waals surface area (Å²) < 4.78 is 0. The number of rotatable bonds is 6. The van der Waals surface area contributed by atoms with Gasteiger partial charge in [0.1, 0.15) is 11.6 Å². The summed E-state index contributed by atoms with van der Waals surface area (Å²) in [7, 11) is 0. The fourth-order valence-electron chi connectivity index (χ4n) is 2.12. The number of nitrogens with zero attached hydrogens (tertiary/aromatic N) is 1. The maximum atomic E-state index is 11.7. The SMILES string of the molecule is CC(C)c1nc(NC(CN)Cc2ccccc2)cc(=O)[nH]1. The highest BCUT2D eigenvalue weighted by atomic mass is 16.1. The highest BCUT2D eigenvalue weighted by molar-refractivity contribution is 5.35. The van der Waals surface area contributed by atoms with Crippen LogP contribution in [0, 0.1) is 0 Å². The van der Waals surface area contributed by atoms with Crippen molar-refractivity contribution in [2.45, 2.75) is 32.2 Å². The average Bonchev–Trinajstić information content (AvgIpc) is 2.47.